The van der Waals surface area contributed by atoms with Crippen molar-refractivity contribution in [1.29, 1.82) is 0 Å². The number of carbonyl (C=O) groups is 1. The second-order valence-corrected chi connectivity index (χ2v) is 5.96. The molecule has 0 radical (unpaired) electrons. The lowest BCUT2D eigenvalue weighted by Crippen LogP contribution is -2.42. The molecular weight excluding hydrogens is 296 g/mol. The standard InChI is InChI=1S/C11H13F2NO5S/c1-11(2,10(15)16)19-14-20(17,18)8-6-4-3-5-7(8)9(12)13/h3-6,9,14H,1-2H3,(H,15,16). The first-order valence-electron chi connectivity index (χ1n) is 5.38. The van der Waals surface area contributed by atoms with Crippen molar-refractivity contribution in [3.8, 4) is 0 Å². The zero-order chi connectivity index (χ0) is 15.6. The lowest BCUT2D eigenvalue weighted by atomic mass is 10.1. The summed E-state index contributed by atoms with van der Waals surface area (Å²) in [5.74, 6) is -1.41. The molecule has 0 bridgehead atoms. The Morgan fingerprint density at radius 2 is 1.90 bits per heavy atom. The van der Waals surface area contributed by atoms with Gasteiger partial charge in [-0.05, 0) is 19.9 Å². The summed E-state index contributed by atoms with van der Waals surface area (Å²) in [6.07, 6.45) is -2.99. The van der Waals surface area contributed by atoms with E-state index in [1.807, 2.05) is 0 Å². The van der Waals surface area contributed by atoms with E-state index in [1.165, 1.54) is 12.1 Å². The molecule has 0 saturated heterocycles. The Balaban J connectivity index is 3.04. The summed E-state index contributed by atoms with van der Waals surface area (Å²) in [6, 6.07) is 4.47. The van der Waals surface area contributed by atoms with E-state index in [0.717, 1.165) is 26.0 Å². The van der Waals surface area contributed by atoms with Gasteiger partial charge in [-0.15, -0.1) is 0 Å². The van der Waals surface area contributed by atoms with Crippen molar-refractivity contribution in [2.75, 3.05) is 0 Å². The first-order valence-corrected chi connectivity index (χ1v) is 6.86. The minimum Gasteiger partial charge on any atom is -0.479 e. The van der Waals surface area contributed by atoms with E-state index < -0.39 is 38.5 Å². The molecule has 1 aromatic carbocycles. The summed E-state index contributed by atoms with van der Waals surface area (Å²) >= 11 is 0. The van der Waals surface area contributed by atoms with Crippen LogP contribution in [0.25, 0.3) is 0 Å². The number of nitrogens with one attached hydrogen (secondary N) is 1. The molecule has 1 aromatic rings. The molecule has 20 heavy (non-hydrogen) atoms. The van der Waals surface area contributed by atoms with E-state index >= 15 is 0 Å². The molecule has 0 heterocycles. The van der Waals surface area contributed by atoms with Crippen LogP contribution in [0.2, 0.25) is 0 Å². The molecule has 0 unspecified atom stereocenters. The van der Waals surface area contributed by atoms with E-state index in [2.05, 4.69) is 4.84 Å². The molecule has 6 nitrogen and oxygen atoms in total. The van der Waals surface area contributed by atoms with E-state index in [-0.39, 0.29) is 0 Å². The van der Waals surface area contributed by atoms with Crippen molar-refractivity contribution in [2.24, 2.45) is 0 Å². The van der Waals surface area contributed by atoms with Gasteiger partial charge in [0, 0.05) is 5.56 Å². The highest BCUT2D eigenvalue weighted by atomic mass is 32.2. The Bertz CT molecular complexity index is 601. The van der Waals surface area contributed by atoms with Gasteiger partial charge in [-0.1, -0.05) is 23.1 Å². The number of benzene rings is 1. The van der Waals surface area contributed by atoms with Crippen LogP contribution >= 0.6 is 0 Å². The molecule has 1 rings (SSSR count). The maximum Gasteiger partial charge on any atom is 0.337 e. The fourth-order valence-electron chi connectivity index (χ4n) is 1.15. The van der Waals surface area contributed by atoms with Crippen LogP contribution in [0, 0.1) is 0 Å². The van der Waals surface area contributed by atoms with Gasteiger partial charge in [0.1, 0.15) is 0 Å². The second kappa shape index (κ2) is 5.81. The molecule has 0 saturated carbocycles. The van der Waals surface area contributed by atoms with Gasteiger partial charge in [0.25, 0.3) is 16.4 Å². The molecule has 0 aromatic heterocycles. The van der Waals surface area contributed by atoms with Gasteiger partial charge in [0.2, 0.25) is 0 Å². The fraction of sp³-hybridized carbons (Fsp3) is 0.364. The van der Waals surface area contributed by atoms with Gasteiger partial charge in [-0.2, -0.15) is 0 Å². The van der Waals surface area contributed by atoms with Gasteiger partial charge in [0.15, 0.2) is 5.60 Å². The number of hydrogen-bond acceptors (Lipinski definition) is 4. The monoisotopic (exact) mass is 309 g/mol. The third-order valence-corrected chi connectivity index (χ3v) is 3.62. The lowest BCUT2D eigenvalue weighted by Gasteiger charge is -2.20. The van der Waals surface area contributed by atoms with Crippen LogP contribution in [-0.2, 0) is 19.7 Å². The number of sulfonamides is 1. The zero-order valence-corrected chi connectivity index (χ0v) is 11.4. The summed E-state index contributed by atoms with van der Waals surface area (Å²) in [5.41, 5.74) is -2.54. The molecule has 112 valence electrons. The molecule has 0 aliphatic carbocycles. The number of alkyl halides is 2. The molecule has 0 aliphatic heterocycles. The first-order chi connectivity index (χ1) is 9.08. The van der Waals surface area contributed by atoms with E-state index in [1.54, 1.807) is 4.89 Å². The molecule has 0 amide bonds. The third-order valence-electron chi connectivity index (χ3n) is 2.37. The Morgan fingerprint density at radius 1 is 1.35 bits per heavy atom. The maximum atomic E-state index is 12.7. The van der Waals surface area contributed by atoms with E-state index in [9.17, 15) is 22.0 Å². The maximum absolute atomic E-state index is 12.7. The summed E-state index contributed by atoms with van der Waals surface area (Å²) in [6.45, 7) is 2.22. The highest BCUT2D eigenvalue weighted by Crippen LogP contribution is 2.26. The van der Waals surface area contributed by atoms with Crippen molar-refractivity contribution in [2.45, 2.75) is 30.8 Å². The average molecular weight is 309 g/mol. The van der Waals surface area contributed by atoms with E-state index in [0.29, 0.717) is 0 Å². The predicted molar refractivity (Wildman–Crippen MR) is 64.5 cm³/mol. The molecule has 0 aliphatic rings. The van der Waals surface area contributed by atoms with Crippen molar-refractivity contribution in [3.63, 3.8) is 0 Å². The van der Waals surface area contributed by atoms with Crippen molar-refractivity contribution in [1.82, 2.24) is 4.89 Å². The summed E-state index contributed by atoms with van der Waals surface area (Å²) in [7, 11) is -4.42. The Morgan fingerprint density at radius 3 is 2.40 bits per heavy atom. The van der Waals surface area contributed by atoms with Crippen LogP contribution in [-0.4, -0.2) is 25.1 Å². The fourth-order valence-corrected chi connectivity index (χ4v) is 2.29. The van der Waals surface area contributed by atoms with Crippen molar-refractivity contribution >= 4 is 16.0 Å². The average Bonchev–Trinajstić information content (AvgIpc) is 2.36. The molecule has 0 spiro atoms. The first kappa shape index (κ1) is 16.5. The lowest BCUT2D eigenvalue weighted by molar-refractivity contribution is -0.165. The minimum atomic E-state index is -4.42. The third kappa shape index (κ3) is 3.71. The van der Waals surface area contributed by atoms with Gasteiger partial charge in [-0.25, -0.2) is 22.0 Å². The van der Waals surface area contributed by atoms with Crippen molar-refractivity contribution < 1.29 is 31.9 Å². The SMILES string of the molecule is CC(C)(ONS(=O)(=O)c1ccccc1C(F)F)C(=O)O. The topological polar surface area (TPSA) is 92.7 Å². The highest BCUT2D eigenvalue weighted by Gasteiger charge is 2.32. The predicted octanol–water partition coefficient (Wildman–Crippen LogP) is 1.70. The molecule has 2 N–H and O–H groups in total. The van der Waals surface area contributed by atoms with Gasteiger partial charge >= 0.3 is 5.97 Å². The minimum absolute atomic E-state index is 0.670. The van der Waals surface area contributed by atoms with Gasteiger partial charge in [-0.3, -0.25) is 4.84 Å². The number of carboxylic acids is 1. The number of carboxylic acid groups (broad SMARTS) is 1. The molecule has 0 fully saturated rings. The van der Waals surface area contributed by atoms with Crippen LogP contribution in [0.5, 0.6) is 0 Å². The quantitative estimate of drug-likeness (QED) is 0.780. The van der Waals surface area contributed by atoms with Crippen molar-refractivity contribution in [3.05, 3.63) is 29.8 Å². The molecule has 0 atom stereocenters. The number of rotatable bonds is 6. The van der Waals surface area contributed by atoms with E-state index in [4.69, 9.17) is 5.11 Å². The van der Waals surface area contributed by atoms with Crippen LogP contribution in [0.4, 0.5) is 8.78 Å². The Kier molecular flexibility index (Phi) is 4.79. The summed E-state index contributed by atoms with van der Waals surface area (Å²) in [5, 5.41) is 8.77. The number of aliphatic carboxylic acids is 1. The smallest absolute Gasteiger partial charge is 0.337 e. The summed E-state index contributed by atoms with van der Waals surface area (Å²) < 4.78 is 49.2. The Labute approximate surface area is 114 Å². The van der Waals surface area contributed by atoms with Gasteiger partial charge in [0.05, 0.1) is 4.90 Å². The normalized spacial score (nSPS) is 12.7. The van der Waals surface area contributed by atoms with Crippen LogP contribution < -0.4 is 4.89 Å². The van der Waals surface area contributed by atoms with Crippen LogP contribution in [0.15, 0.2) is 29.2 Å². The summed E-state index contributed by atoms with van der Waals surface area (Å²) in [4.78, 5) is 16.2. The Hall–Kier alpha value is -1.58. The largest absolute Gasteiger partial charge is 0.479 e. The van der Waals surface area contributed by atoms with Crippen LogP contribution in [0.1, 0.15) is 25.8 Å². The van der Waals surface area contributed by atoms with Gasteiger partial charge < -0.3 is 5.11 Å². The number of halogens is 2. The molecular formula is C11H13F2NO5S. The molecule has 9 heteroatoms. The van der Waals surface area contributed by atoms with Crippen LogP contribution in [0.3, 0.4) is 0 Å². The number of hydrogen-bond donors (Lipinski definition) is 2. The zero-order valence-electron chi connectivity index (χ0n) is 10.6. The second-order valence-electron chi connectivity index (χ2n) is 4.34. The highest BCUT2D eigenvalue weighted by molar-refractivity contribution is 7.89.